The third-order valence-corrected chi connectivity index (χ3v) is 8.32. The molecule has 1 unspecified atom stereocenters. The number of carbonyl (C=O) groups excluding carboxylic acids is 3. The largest absolute Gasteiger partial charge is 0.463 e. The van der Waals surface area contributed by atoms with Crippen LogP contribution < -0.4 is 0 Å². The molecule has 0 aromatic carbocycles. The van der Waals surface area contributed by atoms with Crippen LogP contribution in [0.1, 0.15) is 46.5 Å². The molecule has 8 heteroatoms. The van der Waals surface area contributed by atoms with Crippen LogP contribution in [0.5, 0.6) is 0 Å². The molecule has 4 rings (SSSR count). The van der Waals surface area contributed by atoms with Gasteiger partial charge in [0, 0.05) is 29.4 Å². The fraction of sp³-hybridized carbons (Fsp3) is 0.593. The number of esters is 3. The molecule has 1 N–H and O–H groups in total. The van der Waals surface area contributed by atoms with E-state index in [-0.39, 0.29) is 31.8 Å². The first-order chi connectivity index (χ1) is 16.6. The van der Waals surface area contributed by atoms with Gasteiger partial charge in [-0.15, -0.1) is 0 Å². The van der Waals surface area contributed by atoms with Gasteiger partial charge in [0.2, 0.25) is 0 Å². The molecule has 0 radical (unpaired) electrons. The van der Waals surface area contributed by atoms with Crippen molar-refractivity contribution in [1.82, 2.24) is 0 Å². The number of aliphatic hydroxyl groups is 1. The van der Waals surface area contributed by atoms with E-state index in [0.29, 0.717) is 12.8 Å². The number of allylic oxidation sites excluding steroid dienone is 3. The Morgan fingerprint density at radius 1 is 1.11 bits per heavy atom. The molecule has 0 aromatic heterocycles. The quantitative estimate of drug-likeness (QED) is 0.316. The first kappa shape index (κ1) is 25.4. The summed E-state index contributed by atoms with van der Waals surface area (Å²) in [6, 6.07) is 0. The van der Waals surface area contributed by atoms with Crippen molar-refractivity contribution in [3.63, 3.8) is 0 Å². The van der Waals surface area contributed by atoms with E-state index >= 15 is 0 Å². The minimum Gasteiger partial charge on any atom is -0.463 e. The van der Waals surface area contributed by atoms with Crippen LogP contribution >= 0.6 is 0 Å². The normalized spacial score (nSPS) is 42.4. The second-order valence-electron chi connectivity index (χ2n) is 10.3. The topological polar surface area (TPSA) is 108 Å². The summed E-state index contributed by atoms with van der Waals surface area (Å²) >= 11 is 0. The Morgan fingerprint density at radius 2 is 1.83 bits per heavy atom. The monoisotopic (exact) mass is 486 g/mol. The first-order valence-corrected chi connectivity index (χ1v) is 12.2. The van der Waals surface area contributed by atoms with E-state index in [1.165, 1.54) is 29.9 Å². The smallest absolute Gasteiger partial charge is 0.335 e. The number of fused-ring (bicyclic) bond motifs is 1. The minimum atomic E-state index is -1.37. The molecular formula is C27H34O8. The Hall–Kier alpha value is -2.71. The lowest BCUT2D eigenvalue weighted by molar-refractivity contribution is -0.189. The van der Waals surface area contributed by atoms with Crippen LogP contribution in [0.25, 0.3) is 0 Å². The Bertz CT molecular complexity index is 993. The van der Waals surface area contributed by atoms with Gasteiger partial charge in [-0.2, -0.15) is 0 Å². The van der Waals surface area contributed by atoms with E-state index in [1.54, 1.807) is 6.92 Å². The summed E-state index contributed by atoms with van der Waals surface area (Å²) < 4.78 is 23.2. The standard InChI is InChI=1S/C27H34O8/c1-16-9-11-27-15-33-25(31)24(30)17(2)10-12-32-22(28)7-5-6-8-23(29)35-20-14-19(34-21(27)13-16)18(3)26(20,27)4/h5-8,13,17,19-21,24,30H,3,9-12,14-15H2,1-2,4H3/b7-5+,8-6-/t17-,19-,20?,21-,24+,26-,27-/m1/s1. The van der Waals surface area contributed by atoms with Gasteiger partial charge in [0.15, 0.2) is 6.10 Å². The Balaban J connectivity index is 1.71. The summed E-state index contributed by atoms with van der Waals surface area (Å²) in [5.41, 5.74) is 0.604. The van der Waals surface area contributed by atoms with Crippen LogP contribution in [-0.2, 0) is 33.3 Å². The molecule has 2 heterocycles. The molecule has 0 amide bonds. The van der Waals surface area contributed by atoms with Gasteiger partial charge in [-0.1, -0.05) is 44.2 Å². The lowest BCUT2D eigenvalue weighted by Gasteiger charge is -2.56. The number of hydrogen-bond donors (Lipinski definition) is 1. The van der Waals surface area contributed by atoms with Crippen molar-refractivity contribution in [3.05, 3.63) is 48.1 Å². The van der Waals surface area contributed by atoms with Gasteiger partial charge in [0.1, 0.15) is 12.7 Å². The van der Waals surface area contributed by atoms with Crippen molar-refractivity contribution in [2.75, 3.05) is 13.2 Å². The van der Waals surface area contributed by atoms with E-state index in [0.717, 1.165) is 12.0 Å². The van der Waals surface area contributed by atoms with Crippen LogP contribution in [0.2, 0.25) is 0 Å². The maximum atomic E-state index is 12.9. The molecule has 8 nitrogen and oxygen atoms in total. The van der Waals surface area contributed by atoms with Crippen molar-refractivity contribution in [3.8, 4) is 0 Å². The average Bonchev–Trinajstić information content (AvgIpc) is 2.99. The zero-order chi connectivity index (χ0) is 25.4. The van der Waals surface area contributed by atoms with Crippen molar-refractivity contribution in [2.45, 2.75) is 70.9 Å². The van der Waals surface area contributed by atoms with Crippen molar-refractivity contribution >= 4 is 17.9 Å². The molecule has 35 heavy (non-hydrogen) atoms. The molecule has 2 aliphatic carbocycles. The molecule has 2 bridgehead atoms. The highest BCUT2D eigenvalue weighted by Gasteiger charge is 2.68. The average molecular weight is 487 g/mol. The third kappa shape index (κ3) is 4.49. The fourth-order valence-electron chi connectivity index (χ4n) is 5.84. The third-order valence-electron chi connectivity index (χ3n) is 8.32. The Morgan fingerprint density at radius 3 is 2.57 bits per heavy atom. The Kier molecular flexibility index (Phi) is 7.06. The zero-order valence-corrected chi connectivity index (χ0v) is 20.5. The summed E-state index contributed by atoms with van der Waals surface area (Å²) in [6.45, 7) is 10.1. The van der Waals surface area contributed by atoms with Crippen LogP contribution in [0.15, 0.2) is 48.1 Å². The number of ether oxygens (including phenoxy) is 4. The van der Waals surface area contributed by atoms with Crippen molar-refractivity contribution in [2.24, 2.45) is 16.7 Å². The Labute approximate surface area is 205 Å². The van der Waals surface area contributed by atoms with Gasteiger partial charge in [0.05, 0.1) is 18.8 Å². The molecule has 1 saturated heterocycles. The lowest BCUT2D eigenvalue weighted by Crippen LogP contribution is -2.60. The summed E-state index contributed by atoms with van der Waals surface area (Å²) in [4.78, 5) is 37.4. The summed E-state index contributed by atoms with van der Waals surface area (Å²) in [7, 11) is 0. The molecule has 7 atom stereocenters. The fourth-order valence-corrected chi connectivity index (χ4v) is 5.84. The second-order valence-corrected chi connectivity index (χ2v) is 10.3. The van der Waals surface area contributed by atoms with Crippen LogP contribution in [0.3, 0.4) is 0 Å². The van der Waals surface area contributed by atoms with Gasteiger partial charge in [-0.3, -0.25) is 0 Å². The highest BCUT2D eigenvalue weighted by Crippen LogP contribution is 2.65. The second kappa shape index (κ2) is 9.74. The highest BCUT2D eigenvalue weighted by atomic mass is 16.6. The van der Waals surface area contributed by atoms with E-state index in [9.17, 15) is 19.5 Å². The number of rotatable bonds is 0. The SMILES string of the molecule is C=C1[C@H]2CC3OC(=O)/C=C\C=C\C(=O)OCC[C@@H](C)[C@H](O)C(=O)OC[C@@]4(CCC(C)=C[C@H]4O2)[C@]13C. The highest BCUT2D eigenvalue weighted by molar-refractivity contribution is 5.84. The maximum Gasteiger partial charge on any atom is 0.335 e. The minimum absolute atomic E-state index is 0.00604. The predicted octanol–water partition coefficient (Wildman–Crippen LogP) is 2.96. The first-order valence-electron chi connectivity index (χ1n) is 12.2. The summed E-state index contributed by atoms with van der Waals surface area (Å²) in [5, 5.41) is 10.6. The maximum absolute atomic E-state index is 12.9. The van der Waals surface area contributed by atoms with E-state index in [1.807, 2.05) is 13.8 Å². The molecule has 2 aliphatic heterocycles. The number of cyclic esters (lactones) is 2. The molecular weight excluding hydrogens is 452 g/mol. The van der Waals surface area contributed by atoms with Crippen LogP contribution in [-0.4, -0.2) is 60.6 Å². The molecule has 4 aliphatic rings. The molecule has 2 fully saturated rings. The van der Waals surface area contributed by atoms with Gasteiger partial charge < -0.3 is 24.1 Å². The molecule has 0 aromatic rings. The van der Waals surface area contributed by atoms with Crippen LogP contribution in [0.4, 0.5) is 0 Å². The zero-order valence-electron chi connectivity index (χ0n) is 20.5. The van der Waals surface area contributed by atoms with Gasteiger partial charge in [-0.25, -0.2) is 14.4 Å². The van der Waals surface area contributed by atoms with Crippen LogP contribution in [0, 0.1) is 16.7 Å². The van der Waals surface area contributed by atoms with E-state index < -0.39 is 46.9 Å². The summed E-state index contributed by atoms with van der Waals surface area (Å²) in [5.74, 6) is -2.36. The van der Waals surface area contributed by atoms with Gasteiger partial charge >= 0.3 is 17.9 Å². The van der Waals surface area contributed by atoms with E-state index in [4.69, 9.17) is 18.9 Å². The van der Waals surface area contributed by atoms with Gasteiger partial charge in [0.25, 0.3) is 0 Å². The van der Waals surface area contributed by atoms with Crippen molar-refractivity contribution < 1.29 is 38.4 Å². The summed E-state index contributed by atoms with van der Waals surface area (Å²) in [6.07, 6.45) is 7.01. The number of aliphatic hydroxyl groups excluding tert-OH is 1. The van der Waals surface area contributed by atoms with E-state index in [2.05, 4.69) is 12.7 Å². The molecule has 1 spiro atoms. The molecule has 1 saturated carbocycles. The van der Waals surface area contributed by atoms with Gasteiger partial charge in [-0.05, 0) is 37.7 Å². The number of hydrogen-bond acceptors (Lipinski definition) is 8. The predicted molar refractivity (Wildman–Crippen MR) is 126 cm³/mol. The molecule has 190 valence electrons. The van der Waals surface area contributed by atoms with Crippen molar-refractivity contribution in [1.29, 1.82) is 0 Å². The lowest BCUT2D eigenvalue weighted by atomic mass is 9.53. The number of carbonyl (C=O) groups is 3.